The van der Waals surface area contributed by atoms with Gasteiger partial charge < -0.3 is 10.8 Å². The number of thiophene rings is 1. The molecule has 0 aliphatic carbocycles. The normalized spacial score (nSPS) is 10.9. The Hall–Kier alpha value is -2.67. The number of rotatable bonds is 2. The molecule has 6 nitrogen and oxygen atoms in total. The summed E-state index contributed by atoms with van der Waals surface area (Å²) in [6.07, 6.45) is 0. The van der Waals surface area contributed by atoms with Crippen LogP contribution >= 0.6 is 11.3 Å². The number of nitrogens with two attached hydrogens (primary N) is 1. The van der Waals surface area contributed by atoms with Gasteiger partial charge in [-0.3, -0.25) is 9.78 Å². The number of benzene rings is 1. The Morgan fingerprint density at radius 1 is 1.43 bits per heavy atom. The van der Waals surface area contributed by atoms with Crippen LogP contribution in [0.25, 0.3) is 20.7 Å². The van der Waals surface area contributed by atoms with Crippen LogP contribution in [0.3, 0.4) is 0 Å². The van der Waals surface area contributed by atoms with Crippen molar-refractivity contribution in [2.75, 3.05) is 5.73 Å². The number of aromatic carboxylic acids is 1. The van der Waals surface area contributed by atoms with Crippen molar-refractivity contribution >= 4 is 33.5 Å². The topological polar surface area (TPSA) is 109 Å². The standard InChI is InChI=1S/C14H11N3O3S/c1-6-9-11(18)16-14(15)17-12(9)21-10(6)7-3-2-4-8(5-7)13(19)20/h2-5H,1H3,(H,19,20)(H3,15,16,17,18). The van der Waals surface area contributed by atoms with Gasteiger partial charge in [-0.25, -0.2) is 9.78 Å². The molecule has 0 fully saturated rings. The highest BCUT2D eigenvalue weighted by Gasteiger charge is 2.16. The second-order valence-corrected chi connectivity index (χ2v) is 5.57. The maximum Gasteiger partial charge on any atom is 0.335 e. The number of aryl methyl sites for hydroxylation is 1. The smallest absolute Gasteiger partial charge is 0.335 e. The monoisotopic (exact) mass is 301 g/mol. The molecule has 0 atom stereocenters. The van der Waals surface area contributed by atoms with Gasteiger partial charge >= 0.3 is 5.97 Å². The number of H-pyrrole nitrogens is 1. The number of fused-ring (bicyclic) bond motifs is 1. The van der Waals surface area contributed by atoms with Crippen molar-refractivity contribution in [3.63, 3.8) is 0 Å². The zero-order valence-electron chi connectivity index (χ0n) is 11.0. The van der Waals surface area contributed by atoms with E-state index in [1.54, 1.807) is 12.1 Å². The van der Waals surface area contributed by atoms with E-state index >= 15 is 0 Å². The quantitative estimate of drug-likeness (QED) is 0.672. The molecule has 3 rings (SSSR count). The fraction of sp³-hybridized carbons (Fsp3) is 0.0714. The molecule has 0 saturated carbocycles. The molecule has 2 heterocycles. The van der Waals surface area contributed by atoms with Crippen molar-refractivity contribution in [3.05, 3.63) is 45.7 Å². The number of nitrogen functional groups attached to an aromatic ring is 1. The highest BCUT2D eigenvalue weighted by atomic mass is 32.1. The van der Waals surface area contributed by atoms with Crippen LogP contribution < -0.4 is 11.3 Å². The summed E-state index contributed by atoms with van der Waals surface area (Å²) < 4.78 is 0. The van der Waals surface area contributed by atoms with Gasteiger partial charge in [0.15, 0.2) is 0 Å². The number of anilines is 1. The van der Waals surface area contributed by atoms with Gasteiger partial charge in [-0.1, -0.05) is 12.1 Å². The minimum absolute atomic E-state index is 0.0691. The first-order chi connectivity index (χ1) is 9.97. The third-order valence-corrected chi connectivity index (χ3v) is 4.43. The van der Waals surface area contributed by atoms with Gasteiger partial charge in [0.2, 0.25) is 5.95 Å². The van der Waals surface area contributed by atoms with Gasteiger partial charge in [-0.15, -0.1) is 11.3 Å². The zero-order valence-corrected chi connectivity index (χ0v) is 11.8. The third kappa shape index (κ3) is 2.17. The van der Waals surface area contributed by atoms with Crippen molar-refractivity contribution in [1.29, 1.82) is 0 Å². The summed E-state index contributed by atoms with van der Waals surface area (Å²) in [7, 11) is 0. The minimum atomic E-state index is -0.990. The summed E-state index contributed by atoms with van der Waals surface area (Å²) in [4.78, 5) is 31.0. The van der Waals surface area contributed by atoms with Crippen molar-refractivity contribution < 1.29 is 9.90 Å². The molecule has 7 heteroatoms. The van der Waals surface area contributed by atoms with Crippen LogP contribution in [0.5, 0.6) is 0 Å². The first-order valence-corrected chi connectivity index (χ1v) is 6.91. The number of carbonyl (C=O) groups is 1. The van der Waals surface area contributed by atoms with Crippen LogP contribution in [0.15, 0.2) is 29.1 Å². The van der Waals surface area contributed by atoms with E-state index in [2.05, 4.69) is 9.97 Å². The van der Waals surface area contributed by atoms with E-state index in [0.717, 1.165) is 16.0 Å². The highest BCUT2D eigenvalue weighted by molar-refractivity contribution is 7.22. The maximum atomic E-state index is 12.0. The number of aromatic nitrogens is 2. The van der Waals surface area contributed by atoms with Crippen LogP contribution in [0, 0.1) is 6.92 Å². The Balaban J connectivity index is 2.28. The van der Waals surface area contributed by atoms with E-state index in [4.69, 9.17) is 10.8 Å². The van der Waals surface area contributed by atoms with Crippen LogP contribution in [0.4, 0.5) is 5.95 Å². The fourth-order valence-electron chi connectivity index (χ4n) is 2.23. The van der Waals surface area contributed by atoms with Crippen LogP contribution in [-0.2, 0) is 0 Å². The van der Waals surface area contributed by atoms with Gasteiger partial charge in [0.25, 0.3) is 5.56 Å². The lowest BCUT2D eigenvalue weighted by Gasteiger charge is -2.01. The van der Waals surface area contributed by atoms with Crippen molar-refractivity contribution in [2.24, 2.45) is 0 Å². The molecular weight excluding hydrogens is 290 g/mol. The van der Waals surface area contributed by atoms with Crippen molar-refractivity contribution in [1.82, 2.24) is 9.97 Å². The summed E-state index contributed by atoms with van der Waals surface area (Å²) in [6, 6.07) is 6.59. The van der Waals surface area contributed by atoms with E-state index in [9.17, 15) is 9.59 Å². The lowest BCUT2D eigenvalue weighted by molar-refractivity contribution is 0.0697. The Kier molecular flexibility index (Phi) is 2.99. The summed E-state index contributed by atoms with van der Waals surface area (Å²) >= 11 is 1.32. The molecule has 1 aromatic carbocycles. The molecule has 0 bridgehead atoms. The second kappa shape index (κ2) is 4.71. The Bertz CT molecular complexity index is 927. The van der Waals surface area contributed by atoms with E-state index in [-0.39, 0.29) is 17.1 Å². The molecule has 0 amide bonds. The van der Waals surface area contributed by atoms with Gasteiger partial charge in [0.1, 0.15) is 4.83 Å². The predicted octanol–water partition coefficient (Wildman–Crippen LogP) is 2.24. The number of aromatic amines is 1. The van der Waals surface area contributed by atoms with Gasteiger partial charge in [-0.05, 0) is 30.2 Å². The van der Waals surface area contributed by atoms with Crippen LogP contribution in [0.1, 0.15) is 15.9 Å². The molecule has 0 unspecified atom stereocenters. The average Bonchev–Trinajstić information content (AvgIpc) is 2.76. The number of nitrogens with zero attached hydrogens (tertiary/aromatic N) is 1. The van der Waals surface area contributed by atoms with Gasteiger partial charge in [0.05, 0.1) is 10.9 Å². The van der Waals surface area contributed by atoms with Gasteiger partial charge in [0, 0.05) is 4.88 Å². The predicted molar refractivity (Wildman–Crippen MR) is 81.8 cm³/mol. The number of carboxylic acids is 1. The molecule has 0 aliphatic rings. The Morgan fingerprint density at radius 2 is 2.19 bits per heavy atom. The molecule has 2 aromatic heterocycles. The van der Waals surface area contributed by atoms with Crippen molar-refractivity contribution in [2.45, 2.75) is 6.92 Å². The maximum absolute atomic E-state index is 12.0. The molecule has 0 radical (unpaired) electrons. The van der Waals surface area contributed by atoms with Crippen LogP contribution in [-0.4, -0.2) is 21.0 Å². The van der Waals surface area contributed by atoms with E-state index in [1.165, 1.54) is 17.4 Å². The minimum Gasteiger partial charge on any atom is -0.478 e. The molecule has 0 saturated heterocycles. The van der Waals surface area contributed by atoms with E-state index < -0.39 is 5.97 Å². The lowest BCUT2D eigenvalue weighted by Crippen LogP contribution is -2.10. The number of hydrogen-bond donors (Lipinski definition) is 3. The fourth-order valence-corrected chi connectivity index (χ4v) is 3.41. The number of nitrogens with one attached hydrogen (secondary N) is 1. The Labute approximate surface area is 122 Å². The SMILES string of the molecule is Cc1c(-c2cccc(C(=O)O)c2)sc2nc(N)[nH]c(=O)c12. The highest BCUT2D eigenvalue weighted by Crippen LogP contribution is 2.36. The summed E-state index contributed by atoms with van der Waals surface area (Å²) in [5.41, 5.74) is 6.98. The number of hydrogen-bond acceptors (Lipinski definition) is 5. The Morgan fingerprint density at radius 3 is 2.90 bits per heavy atom. The third-order valence-electron chi connectivity index (χ3n) is 3.19. The molecule has 4 N–H and O–H groups in total. The summed E-state index contributed by atoms with van der Waals surface area (Å²) in [5.74, 6) is -0.921. The largest absolute Gasteiger partial charge is 0.478 e. The zero-order chi connectivity index (χ0) is 15.1. The van der Waals surface area contributed by atoms with Crippen molar-refractivity contribution in [3.8, 4) is 10.4 Å². The molecule has 0 aliphatic heterocycles. The molecule has 0 spiro atoms. The summed E-state index contributed by atoms with van der Waals surface area (Å²) in [5, 5.41) is 9.56. The first-order valence-electron chi connectivity index (χ1n) is 6.10. The molecule has 21 heavy (non-hydrogen) atoms. The average molecular weight is 301 g/mol. The number of carboxylic acid groups (broad SMARTS) is 1. The van der Waals surface area contributed by atoms with E-state index in [0.29, 0.717) is 10.2 Å². The lowest BCUT2D eigenvalue weighted by atomic mass is 10.1. The molecule has 3 aromatic rings. The summed E-state index contributed by atoms with van der Waals surface area (Å²) in [6.45, 7) is 1.81. The van der Waals surface area contributed by atoms with Crippen LogP contribution in [0.2, 0.25) is 0 Å². The molecular formula is C14H11N3O3S. The van der Waals surface area contributed by atoms with Gasteiger partial charge in [-0.2, -0.15) is 0 Å². The second-order valence-electron chi connectivity index (χ2n) is 4.57. The molecule has 106 valence electrons. The first kappa shape index (κ1) is 13.3. The van der Waals surface area contributed by atoms with E-state index in [1.807, 2.05) is 13.0 Å².